The van der Waals surface area contributed by atoms with Crippen molar-refractivity contribution in [3.63, 3.8) is 0 Å². The molecule has 0 aliphatic carbocycles. The second-order valence-electron chi connectivity index (χ2n) is 10.8. The van der Waals surface area contributed by atoms with Crippen molar-refractivity contribution >= 4 is 40.2 Å². The van der Waals surface area contributed by atoms with E-state index in [9.17, 15) is 9.90 Å². The molecule has 5 aromatic rings. The summed E-state index contributed by atoms with van der Waals surface area (Å²) in [4.78, 5) is 27.7. The number of halogens is 2. The number of pyridine rings is 1. The first-order valence-electron chi connectivity index (χ1n) is 14.5. The summed E-state index contributed by atoms with van der Waals surface area (Å²) in [6.45, 7) is 6.06. The van der Waals surface area contributed by atoms with Gasteiger partial charge in [0.1, 0.15) is 24.3 Å². The SMILES string of the molecule is CCn1cncc1Cn1c(CN2CCC(Oc3cc(COc4ccc(Cl)cc4Cl)ccn3)CC2)nc2ccc(C(=O)O)cc21. The number of piperidine rings is 1. The summed E-state index contributed by atoms with van der Waals surface area (Å²) in [7, 11) is 0. The third kappa shape index (κ3) is 6.83. The van der Waals surface area contributed by atoms with Crippen molar-refractivity contribution < 1.29 is 19.4 Å². The minimum atomic E-state index is -0.958. The van der Waals surface area contributed by atoms with E-state index in [1.54, 1.807) is 42.6 Å². The molecule has 0 saturated carbocycles. The van der Waals surface area contributed by atoms with E-state index >= 15 is 0 Å². The van der Waals surface area contributed by atoms with Gasteiger partial charge < -0.3 is 23.7 Å². The number of hydrogen-bond acceptors (Lipinski definition) is 7. The molecule has 0 amide bonds. The average molecular weight is 636 g/mol. The van der Waals surface area contributed by atoms with E-state index < -0.39 is 5.97 Å². The lowest BCUT2D eigenvalue weighted by molar-refractivity contribution is 0.0697. The highest BCUT2D eigenvalue weighted by atomic mass is 35.5. The van der Waals surface area contributed by atoms with E-state index in [1.165, 1.54) is 0 Å². The summed E-state index contributed by atoms with van der Waals surface area (Å²) >= 11 is 12.2. The Morgan fingerprint density at radius 3 is 2.68 bits per heavy atom. The van der Waals surface area contributed by atoms with Crippen molar-refractivity contribution in [2.45, 2.75) is 52.1 Å². The molecule has 1 aliphatic rings. The average Bonchev–Trinajstić information content (AvgIpc) is 3.61. The van der Waals surface area contributed by atoms with Crippen LogP contribution in [0, 0.1) is 0 Å². The van der Waals surface area contributed by atoms with Gasteiger partial charge in [0.25, 0.3) is 0 Å². The monoisotopic (exact) mass is 634 g/mol. The van der Waals surface area contributed by atoms with Crippen molar-refractivity contribution in [1.29, 1.82) is 0 Å². The van der Waals surface area contributed by atoms with Crippen LogP contribution in [0.15, 0.2) is 67.3 Å². The molecule has 44 heavy (non-hydrogen) atoms. The standard InChI is InChI=1S/C32H32Cl2N6O4/c1-2-39-20-35-16-24(39)17-40-28-14-22(32(41)42)3-5-27(28)37-30(40)18-38-11-8-25(9-12-38)44-31-13-21(7-10-36-31)19-43-29-6-4-23(33)15-26(29)34/h3-7,10,13-16,20,25H,2,8-9,11-12,17-19H2,1H3,(H,41,42). The number of carboxylic acids is 1. The van der Waals surface area contributed by atoms with Crippen LogP contribution in [-0.4, -0.2) is 59.3 Å². The number of ether oxygens (including phenoxy) is 2. The molecule has 1 fully saturated rings. The topological polar surface area (TPSA) is 108 Å². The van der Waals surface area contributed by atoms with E-state index in [1.807, 2.05) is 24.7 Å². The van der Waals surface area contributed by atoms with Crippen molar-refractivity contribution in [2.24, 2.45) is 0 Å². The van der Waals surface area contributed by atoms with E-state index in [0.29, 0.717) is 41.4 Å². The van der Waals surface area contributed by atoms with Gasteiger partial charge in [-0.15, -0.1) is 0 Å². The lowest BCUT2D eigenvalue weighted by atomic mass is 10.1. The first-order valence-corrected chi connectivity index (χ1v) is 15.2. The second-order valence-corrected chi connectivity index (χ2v) is 11.6. The van der Waals surface area contributed by atoms with Gasteiger partial charge in [-0.1, -0.05) is 23.2 Å². The Hall–Kier alpha value is -4.12. The quantitative estimate of drug-likeness (QED) is 0.180. The molecular weight excluding hydrogens is 603 g/mol. The number of aryl methyl sites for hydroxylation is 1. The first-order chi connectivity index (χ1) is 21.4. The van der Waals surface area contributed by atoms with Crippen LogP contribution >= 0.6 is 23.2 Å². The molecule has 1 N–H and O–H groups in total. The smallest absolute Gasteiger partial charge is 0.335 e. The molecule has 4 heterocycles. The highest BCUT2D eigenvalue weighted by Crippen LogP contribution is 2.29. The molecule has 0 spiro atoms. The number of hydrogen-bond donors (Lipinski definition) is 1. The Morgan fingerprint density at radius 2 is 1.91 bits per heavy atom. The van der Waals surface area contributed by atoms with E-state index in [-0.39, 0.29) is 11.7 Å². The van der Waals surface area contributed by atoms with Crippen LogP contribution in [0.5, 0.6) is 11.6 Å². The number of aromatic carboxylic acids is 1. The number of aromatic nitrogens is 5. The molecule has 0 atom stereocenters. The van der Waals surface area contributed by atoms with E-state index in [4.69, 9.17) is 37.7 Å². The van der Waals surface area contributed by atoms with Crippen LogP contribution in [0.1, 0.15) is 47.2 Å². The van der Waals surface area contributed by atoms with Crippen LogP contribution < -0.4 is 9.47 Å². The minimum Gasteiger partial charge on any atom is -0.487 e. The van der Waals surface area contributed by atoms with Crippen LogP contribution in [-0.2, 0) is 26.2 Å². The highest BCUT2D eigenvalue weighted by molar-refractivity contribution is 6.35. The number of benzene rings is 2. The Bertz CT molecular complexity index is 1780. The third-order valence-corrected chi connectivity index (χ3v) is 8.34. The summed E-state index contributed by atoms with van der Waals surface area (Å²) in [6.07, 6.45) is 7.11. The van der Waals surface area contributed by atoms with Crippen LogP contribution in [0.4, 0.5) is 0 Å². The van der Waals surface area contributed by atoms with Gasteiger partial charge in [-0.3, -0.25) is 4.90 Å². The summed E-state index contributed by atoms with van der Waals surface area (Å²) in [5.41, 5.74) is 3.78. The molecule has 1 aliphatic heterocycles. The van der Waals surface area contributed by atoms with Crippen LogP contribution in [0.3, 0.4) is 0 Å². The largest absolute Gasteiger partial charge is 0.487 e. The Labute approximate surface area is 264 Å². The third-order valence-electron chi connectivity index (χ3n) is 7.81. The predicted molar refractivity (Wildman–Crippen MR) is 168 cm³/mol. The minimum absolute atomic E-state index is 0.0384. The van der Waals surface area contributed by atoms with Gasteiger partial charge >= 0.3 is 5.97 Å². The van der Waals surface area contributed by atoms with Gasteiger partial charge in [-0.05, 0) is 67.8 Å². The number of fused-ring (bicyclic) bond motifs is 1. The normalized spacial score (nSPS) is 14.2. The molecular formula is C32H32Cl2N6O4. The summed E-state index contributed by atoms with van der Waals surface area (Å²) in [6, 6.07) is 14.0. The summed E-state index contributed by atoms with van der Waals surface area (Å²) < 4.78 is 16.3. The first kappa shape index (κ1) is 29.9. The molecule has 3 aromatic heterocycles. The maximum Gasteiger partial charge on any atom is 0.335 e. The van der Waals surface area contributed by atoms with Crippen LogP contribution in [0.2, 0.25) is 10.0 Å². The Kier molecular flexibility index (Phi) is 9.02. The molecule has 1 saturated heterocycles. The molecule has 6 rings (SSSR count). The predicted octanol–water partition coefficient (Wildman–Crippen LogP) is 6.32. The number of carbonyl (C=O) groups is 1. The number of nitrogens with zero attached hydrogens (tertiary/aromatic N) is 6. The van der Waals surface area contributed by atoms with E-state index in [0.717, 1.165) is 60.6 Å². The van der Waals surface area contributed by atoms with E-state index in [2.05, 4.69) is 30.9 Å². The number of carboxylic acid groups (broad SMARTS) is 1. The van der Waals surface area contributed by atoms with Crippen LogP contribution in [0.25, 0.3) is 11.0 Å². The fourth-order valence-electron chi connectivity index (χ4n) is 5.44. The molecule has 228 valence electrons. The zero-order chi connectivity index (χ0) is 30.6. The number of imidazole rings is 2. The molecule has 12 heteroatoms. The lowest BCUT2D eigenvalue weighted by Crippen LogP contribution is -2.38. The summed E-state index contributed by atoms with van der Waals surface area (Å²) in [5.74, 6) is 1.06. The maximum atomic E-state index is 11.7. The highest BCUT2D eigenvalue weighted by Gasteiger charge is 2.24. The second kappa shape index (κ2) is 13.3. The zero-order valence-electron chi connectivity index (χ0n) is 24.2. The van der Waals surface area contributed by atoms with Gasteiger partial charge in [0.2, 0.25) is 5.88 Å². The fraction of sp³-hybridized carbons (Fsp3) is 0.312. The Morgan fingerprint density at radius 1 is 1.07 bits per heavy atom. The number of likely N-dealkylation sites (tertiary alicyclic amines) is 1. The number of rotatable bonds is 11. The van der Waals surface area contributed by atoms with Gasteiger partial charge in [0.05, 0.1) is 46.7 Å². The van der Waals surface area contributed by atoms with Crippen molar-refractivity contribution in [1.82, 2.24) is 29.0 Å². The van der Waals surface area contributed by atoms with Gasteiger partial charge in [-0.25, -0.2) is 19.7 Å². The van der Waals surface area contributed by atoms with Crippen molar-refractivity contribution in [3.8, 4) is 11.6 Å². The molecule has 0 unspecified atom stereocenters. The van der Waals surface area contributed by atoms with Crippen molar-refractivity contribution in [2.75, 3.05) is 13.1 Å². The molecule has 0 radical (unpaired) electrons. The summed E-state index contributed by atoms with van der Waals surface area (Å²) in [5, 5.41) is 10.6. The fourth-order valence-corrected chi connectivity index (χ4v) is 5.91. The van der Waals surface area contributed by atoms with Gasteiger partial charge in [0.15, 0.2) is 0 Å². The molecule has 10 nitrogen and oxygen atoms in total. The molecule has 2 aromatic carbocycles. The zero-order valence-corrected chi connectivity index (χ0v) is 25.7. The van der Waals surface area contributed by atoms with Gasteiger partial charge in [-0.2, -0.15) is 0 Å². The van der Waals surface area contributed by atoms with Gasteiger partial charge in [0, 0.05) is 43.1 Å². The maximum absolute atomic E-state index is 11.7. The Balaban J connectivity index is 1.10. The van der Waals surface area contributed by atoms with Crippen molar-refractivity contribution in [3.05, 3.63) is 99.9 Å². The molecule has 0 bridgehead atoms. The lowest BCUT2D eigenvalue weighted by Gasteiger charge is -2.31.